The van der Waals surface area contributed by atoms with Crippen LogP contribution in [-0.2, 0) is 14.8 Å². The Morgan fingerprint density at radius 2 is 1.79 bits per heavy atom. The normalized spacial score (nSPS) is 18.2. The topological polar surface area (TPSA) is 112 Å². The third kappa shape index (κ3) is 7.82. The van der Waals surface area contributed by atoms with E-state index in [1.54, 1.807) is 27.8 Å². The standard InChI is InChI=1S/C14H29N5O4S/c1-14(2,3)23-13(20)18-7-6-16-12(15-4)17-8-10-19-9-5-11-24(19,21)22/h5-11H2,1-4H3,(H,18,20)(H2,15,16,17). The van der Waals surface area contributed by atoms with Gasteiger partial charge in [0, 0.05) is 39.8 Å². The van der Waals surface area contributed by atoms with Crippen molar-refractivity contribution in [3.05, 3.63) is 0 Å². The Morgan fingerprint density at radius 1 is 1.17 bits per heavy atom. The Labute approximate surface area is 144 Å². The highest BCUT2D eigenvalue weighted by Gasteiger charge is 2.27. The molecule has 1 fully saturated rings. The second-order valence-electron chi connectivity index (χ2n) is 6.42. The summed E-state index contributed by atoms with van der Waals surface area (Å²) in [7, 11) is -1.44. The van der Waals surface area contributed by atoms with Crippen molar-refractivity contribution in [3.8, 4) is 0 Å². The minimum absolute atomic E-state index is 0.232. The number of amides is 1. The first-order valence-electron chi connectivity index (χ1n) is 8.03. The number of nitrogens with one attached hydrogen (secondary N) is 3. The zero-order valence-electron chi connectivity index (χ0n) is 14.9. The van der Waals surface area contributed by atoms with Crippen LogP contribution < -0.4 is 16.0 Å². The number of nitrogens with zero attached hydrogens (tertiary/aromatic N) is 2. The highest BCUT2D eigenvalue weighted by molar-refractivity contribution is 7.89. The quantitative estimate of drug-likeness (QED) is 0.340. The minimum atomic E-state index is -3.07. The van der Waals surface area contributed by atoms with Gasteiger partial charge in [0.2, 0.25) is 10.0 Å². The smallest absolute Gasteiger partial charge is 0.407 e. The Balaban J connectivity index is 2.18. The molecular formula is C14H29N5O4S. The number of hydrogen-bond donors (Lipinski definition) is 3. The first-order valence-corrected chi connectivity index (χ1v) is 9.64. The Morgan fingerprint density at radius 3 is 2.33 bits per heavy atom. The SMILES string of the molecule is CN=C(NCCNC(=O)OC(C)(C)C)NCCN1CCCS1(=O)=O. The van der Waals surface area contributed by atoms with Gasteiger partial charge in [-0.15, -0.1) is 0 Å². The summed E-state index contributed by atoms with van der Waals surface area (Å²) >= 11 is 0. The molecular weight excluding hydrogens is 334 g/mol. The molecule has 24 heavy (non-hydrogen) atoms. The van der Waals surface area contributed by atoms with Crippen LogP contribution in [0.5, 0.6) is 0 Å². The molecule has 0 saturated carbocycles. The molecule has 1 aliphatic rings. The lowest BCUT2D eigenvalue weighted by Crippen LogP contribution is -2.44. The molecule has 0 bridgehead atoms. The second-order valence-corrected chi connectivity index (χ2v) is 8.51. The summed E-state index contributed by atoms with van der Waals surface area (Å²) in [5.41, 5.74) is -0.523. The monoisotopic (exact) mass is 363 g/mol. The van der Waals surface area contributed by atoms with Crippen LogP contribution in [-0.4, -0.2) is 75.9 Å². The largest absolute Gasteiger partial charge is 0.444 e. The van der Waals surface area contributed by atoms with Crippen molar-refractivity contribution in [2.24, 2.45) is 4.99 Å². The van der Waals surface area contributed by atoms with Gasteiger partial charge in [-0.25, -0.2) is 17.5 Å². The van der Waals surface area contributed by atoms with Crippen molar-refractivity contribution in [1.29, 1.82) is 0 Å². The van der Waals surface area contributed by atoms with E-state index in [1.165, 1.54) is 4.31 Å². The number of alkyl carbamates (subject to hydrolysis) is 1. The van der Waals surface area contributed by atoms with Crippen molar-refractivity contribution in [1.82, 2.24) is 20.3 Å². The number of ether oxygens (including phenoxy) is 1. The Kier molecular flexibility index (Phi) is 7.74. The van der Waals surface area contributed by atoms with Gasteiger partial charge in [-0.3, -0.25) is 4.99 Å². The van der Waals surface area contributed by atoms with E-state index in [4.69, 9.17) is 4.74 Å². The van der Waals surface area contributed by atoms with Crippen LogP contribution in [0.15, 0.2) is 4.99 Å². The average molecular weight is 363 g/mol. The van der Waals surface area contributed by atoms with Gasteiger partial charge in [0.05, 0.1) is 5.75 Å². The molecule has 1 heterocycles. The maximum Gasteiger partial charge on any atom is 0.407 e. The fourth-order valence-corrected chi connectivity index (χ4v) is 3.65. The molecule has 0 aliphatic carbocycles. The van der Waals surface area contributed by atoms with E-state index in [9.17, 15) is 13.2 Å². The van der Waals surface area contributed by atoms with Crippen LogP contribution in [0.3, 0.4) is 0 Å². The number of sulfonamides is 1. The van der Waals surface area contributed by atoms with Gasteiger partial charge in [-0.05, 0) is 27.2 Å². The highest BCUT2D eigenvalue weighted by atomic mass is 32.2. The van der Waals surface area contributed by atoms with E-state index in [0.717, 1.165) is 0 Å². The molecule has 0 spiro atoms. The Bertz CT molecular complexity index is 542. The maximum atomic E-state index is 11.7. The van der Waals surface area contributed by atoms with Crippen molar-refractivity contribution in [2.75, 3.05) is 45.5 Å². The van der Waals surface area contributed by atoms with E-state index < -0.39 is 21.7 Å². The summed E-state index contributed by atoms with van der Waals surface area (Å²) in [4.78, 5) is 15.5. The lowest BCUT2D eigenvalue weighted by molar-refractivity contribution is 0.0529. The maximum absolute atomic E-state index is 11.7. The van der Waals surface area contributed by atoms with Crippen LogP contribution in [0.4, 0.5) is 4.79 Å². The predicted octanol–water partition coefficient (Wildman–Crippen LogP) is -0.288. The molecule has 0 aromatic rings. The van der Waals surface area contributed by atoms with Crippen molar-refractivity contribution in [2.45, 2.75) is 32.8 Å². The number of carbonyl (C=O) groups excluding carboxylic acids is 1. The van der Waals surface area contributed by atoms with Gasteiger partial charge >= 0.3 is 6.09 Å². The van der Waals surface area contributed by atoms with Crippen molar-refractivity contribution >= 4 is 22.1 Å². The predicted molar refractivity (Wildman–Crippen MR) is 93.6 cm³/mol. The highest BCUT2D eigenvalue weighted by Crippen LogP contribution is 2.11. The summed E-state index contributed by atoms with van der Waals surface area (Å²) in [5, 5.41) is 8.72. The van der Waals surface area contributed by atoms with Gasteiger partial charge in [0.15, 0.2) is 5.96 Å². The first-order chi connectivity index (χ1) is 11.1. The molecule has 1 saturated heterocycles. The molecule has 0 aromatic heterocycles. The lowest BCUT2D eigenvalue weighted by atomic mass is 10.2. The zero-order chi connectivity index (χ0) is 18.2. The van der Waals surface area contributed by atoms with Crippen molar-refractivity contribution < 1.29 is 17.9 Å². The van der Waals surface area contributed by atoms with E-state index in [1.807, 2.05) is 0 Å². The van der Waals surface area contributed by atoms with Gasteiger partial charge < -0.3 is 20.7 Å². The molecule has 1 aliphatic heterocycles. The van der Waals surface area contributed by atoms with E-state index >= 15 is 0 Å². The average Bonchev–Trinajstić information content (AvgIpc) is 2.78. The number of rotatable bonds is 6. The summed E-state index contributed by atoms with van der Waals surface area (Å²) < 4.78 is 30.0. The molecule has 0 atom stereocenters. The van der Waals surface area contributed by atoms with Gasteiger partial charge in [0.1, 0.15) is 5.60 Å². The summed E-state index contributed by atoms with van der Waals surface area (Å²) in [6, 6.07) is 0. The molecule has 1 amide bonds. The number of guanidine groups is 1. The molecule has 140 valence electrons. The Hall–Kier alpha value is -1.55. The summed E-state index contributed by atoms with van der Waals surface area (Å²) in [6.07, 6.45) is 0.220. The van der Waals surface area contributed by atoms with E-state index in [-0.39, 0.29) is 5.75 Å². The van der Waals surface area contributed by atoms with Crippen LogP contribution in [0.2, 0.25) is 0 Å². The van der Waals surface area contributed by atoms with Crippen LogP contribution in [0.25, 0.3) is 0 Å². The molecule has 1 rings (SSSR count). The number of hydrogen-bond acceptors (Lipinski definition) is 5. The first kappa shape index (κ1) is 20.5. The van der Waals surface area contributed by atoms with Gasteiger partial charge in [-0.2, -0.15) is 0 Å². The van der Waals surface area contributed by atoms with Crippen LogP contribution >= 0.6 is 0 Å². The minimum Gasteiger partial charge on any atom is -0.444 e. The third-order valence-corrected chi connectivity index (χ3v) is 5.12. The lowest BCUT2D eigenvalue weighted by Gasteiger charge is -2.20. The van der Waals surface area contributed by atoms with Gasteiger partial charge in [-0.1, -0.05) is 0 Å². The second kappa shape index (κ2) is 9.07. The van der Waals surface area contributed by atoms with Crippen LogP contribution in [0.1, 0.15) is 27.2 Å². The van der Waals surface area contributed by atoms with Gasteiger partial charge in [0.25, 0.3) is 0 Å². The molecule has 0 aromatic carbocycles. The molecule has 0 radical (unpaired) electrons. The van der Waals surface area contributed by atoms with E-state index in [0.29, 0.717) is 45.1 Å². The summed E-state index contributed by atoms with van der Waals surface area (Å²) in [6.45, 7) is 7.73. The molecule has 3 N–H and O–H groups in total. The zero-order valence-corrected chi connectivity index (χ0v) is 15.7. The molecule has 10 heteroatoms. The summed E-state index contributed by atoms with van der Waals surface area (Å²) in [5.74, 6) is 0.786. The van der Waals surface area contributed by atoms with E-state index in [2.05, 4.69) is 20.9 Å². The fourth-order valence-electron chi connectivity index (χ4n) is 2.12. The number of aliphatic imine (C=N–C) groups is 1. The van der Waals surface area contributed by atoms with Crippen LogP contribution in [0, 0.1) is 0 Å². The molecule has 9 nitrogen and oxygen atoms in total. The fraction of sp³-hybridized carbons (Fsp3) is 0.857. The number of carbonyl (C=O) groups is 1. The molecule has 0 unspecified atom stereocenters. The van der Waals surface area contributed by atoms with Crippen molar-refractivity contribution in [3.63, 3.8) is 0 Å². The third-order valence-electron chi connectivity index (χ3n) is 3.17.